The third-order valence-electron chi connectivity index (χ3n) is 3.43. The minimum atomic E-state index is 0.372. The molecule has 0 bridgehead atoms. The molecule has 4 nitrogen and oxygen atoms in total. The number of rotatable bonds is 2. The number of aromatic nitrogens is 1. The van der Waals surface area contributed by atoms with Gasteiger partial charge in [0.2, 0.25) is 0 Å². The first-order valence-corrected chi connectivity index (χ1v) is 6.21. The fourth-order valence-electron chi connectivity index (χ4n) is 2.48. The fraction of sp³-hybridized carbons (Fsp3) is 0.462. The highest BCUT2D eigenvalue weighted by atomic mass is 16.4. The van der Waals surface area contributed by atoms with Crippen molar-refractivity contribution in [2.45, 2.75) is 25.3 Å². The third-order valence-corrected chi connectivity index (χ3v) is 3.43. The summed E-state index contributed by atoms with van der Waals surface area (Å²) < 4.78 is 5.80. The number of nitrogens with zero attached hydrogens (tertiary/aromatic N) is 2. The van der Waals surface area contributed by atoms with Crippen LogP contribution in [0.2, 0.25) is 0 Å². The van der Waals surface area contributed by atoms with Gasteiger partial charge >= 0.3 is 0 Å². The van der Waals surface area contributed by atoms with Gasteiger partial charge in [0, 0.05) is 19.1 Å². The standard InChI is InChI=1S/C13H17N3O/c14-9-10-5-3-4-8-16(10)13-15-11-6-1-2-7-12(11)17-13/h1-2,6-7,10H,3-5,8-9,14H2. The molecule has 1 aromatic carbocycles. The molecule has 2 heterocycles. The van der Waals surface area contributed by atoms with Crippen molar-refractivity contribution in [2.24, 2.45) is 5.73 Å². The van der Waals surface area contributed by atoms with Crippen molar-refractivity contribution in [2.75, 3.05) is 18.0 Å². The maximum Gasteiger partial charge on any atom is 0.298 e. The van der Waals surface area contributed by atoms with E-state index in [4.69, 9.17) is 10.2 Å². The molecule has 0 radical (unpaired) electrons. The summed E-state index contributed by atoms with van der Waals surface area (Å²) >= 11 is 0. The lowest BCUT2D eigenvalue weighted by Gasteiger charge is -2.33. The summed E-state index contributed by atoms with van der Waals surface area (Å²) in [5, 5.41) is 0. The number of benzene rings is 1. The number of para-hydroxylation sites is 2. The molecule has 2 N–H and O–H groups in total. The molecule has 3 rings (SSSR count). The van der Waals surface area contributed by atoms with Crippen LogP contribution in [0.5, 0.6) is 0 Å². The molecule has 1 aliphatic rings. The van der Waals surface area contributed by atoms with E-state index < -0.39 is 0 Å². The normalized spacial score (nSPS) is 21.0. The molecule has 17 heavy (non-hydrogen) atoms. The van der Waals surface area contributed by atoms with E-state index in [2.05, 4.69) is 9.88 Å². The van der Waals surface area contributed by atoms with Crippen LogP contribution in [0.1, 0.15) is 19.3 Å². The Morgan fingerprint density at radius 3 is 3.06 bits per heavy atom. The number of fused-ring (bicyclic) bond motifs is 1. The maximum absolute atomic E-state index is 5.81. The zero-order valence-electron chi connectivity index (χ0n) is 9.80. The van der Waals surface area contributed by atoms with E-state index in [1.54, 1.807) is 0 Å². The van der Waals surface area contributed by atoms with E-state index in [1.807, 2.05) is 24.3 Å². The molecular weight excluding hydrogens is 214 g/mol. The molecular formula is C13H17N3O. The van der Waals surface area contributed by atoms with E-state index >= 15 is 0 Å². The number of anilines is 1. The summed E-state index contributed by atoms with van der Waals surface area (Å²) in [6.07, 6.45) is 3.57. The molecule has 1 unspecified atom stereocenters. The maximum atomic E-state index is 5.81. The van der Waals surface area contributed by atoms with Gasteiger partial charge in [-0.25, -0.2) is 0 Å². The summed E-state index contributed by atoms with van der Waals surface area (Å²) in [7, 11) is 0. The summed E-state index contributed by atoms with van der Waals surface area (Å²) in [6.45, 7) is 1.66. The van der Waals surface area contributed by atoms with Crippen LogP contribution < -0.4 is 10.6 Å². The highest BCUT2D eigenvalue weighted by Gasteiger charge is 2.25. The first kappa shape index (κ1) is 10.6. The highest BCUT2D eigenvalue weighted by molar-refractivity contribution is 5.74. The number of piperidine rings is 1. The van der Waals surface area contributed by atoms with E-state index in [9.17, 15) is 0 Å². The minimum absolute atomic E-state index is 0.372. The van der Waals surface area contributed by atoms with Gasteiger partial charge in [0.05, 0.1) is 0 Å². The first-order valence-electron chi connectivity index (χ1n) is 6.21. The Kier molecular flexibility index (Phi) is 2.73. The van der Waals surface area contributed by atoms with Crippen LogP contribution in [0, 0.1) is 0 Å². The van der Waals surface area contributed by atoms with Crippen LogP contribution in [0.25, 0.3) is 11.1 Å². The lowest BCUT2D eigenvalue weighted by Crippen LogP contribution is -2.44. The number of hydrogen-bond donors (Lipinski definition) is 1. The van der Waals surface area contributed by atoms with Crippen molar-refractivity contribution in [3.63, 3.8) is 0 Å². The summed E-state index contributed by atoms with van der Waals surface area (Å²) in [5.74, 6) is 0. The second kappa shape index (κ2) is 4.37. The SMILES string of the molecule is NCC1CCCCN1c1nc2ccccc2o1. The molecule has 1 saturated heterocycles. The largest absolute Gasteiger partial charge is 0.423 e. The van der Waals surface area contributed by atoms with Gasteiger partial charge in [-0.2, -0.15) is 4.98 Å². The smallest absolute Gasteiger partial charge is 0.298 e. The lowest BCUT2D eigenvalue weighted by molar-refractivity contribution is 0.428. The average Bonchev–Trinajstić information content (AvgIpc) is 2.82. The minimum Gasteiger partial charge on any atom is -0.423 e. The van der Waals surface area contributed by atoms with Crippen molar-refractivity contribution in [3.05, 3.63) is 24.3 Å². The molecule has 0 amide bonds. The quantitative estimate of drug-likeness (QED) is 0.860. The molecule has 0 aliphatic carbocycles. The third kappa shape index (κ3) is 1.89. The van der Waals surface area contributed by atoms with Crippen LogP contribution in [0.15, 0.2) is 28.7 Å². The topological polar surface area (TPSA) is 55.3 Å². The van der Waals surface area contributed by atoms with Crippen molar-refractivity contribution in [1.82, 2.24) is 4.98 Å². The molecule has 90 valence electrons. The van der Waals surface area contributed by atoms with Gasteiger partial charge in [0.15, 0.2) is 5.58 Å². The Morgan fingerprint density at radius 1 is 1.35 bits per heavy atom. The van der Waals surface area contributed by atoms with Crippen molar-refractivity contribution in [3.8, 4) is 0 Å². The van der Waals surface area contributed by atoms with Crippen molar-refractivity contribution < 1.29 is 4.42 Å². The van der Waals surface area contributed by atoms with E-state index in [1.165, 1.54) is 12.8 Å². The van der Waals surface area contributed by atoms with Crippen molar-refractivity contribution in [1.29, 1.82) is 0 Å². The molecule has 1 atom stereocenters. The zero-order valence-corrected chi connectivity index (χ0v) is 9.80. The van der Waals surface area contributed by atoms with E-state index in [0.717, 1.165) is 30.1 Å². The number of oxazole rings is 1. The van der Waals surface area contributed by atoms with Gasteiger partial charge in [-0.15, -0.1) is 0 Å². The number of nitrogens with two attached hydrogens (primary N) is 1. The highest BCUT2D eigenvalue weighted by Crippen LogP contribution is 2.27. The second-order valence-corrected chi connectivity index (χ2v) is 4.54. The predicted molar refractivity (Wildman–Crippen MR) is 68.0 cm³/mol. The van der Waals surface area contributed by atoms with Gasteiger partial charge in [0.1, 0.15) is 5.52 Å². The zero-order chi connectivity index (χ0) is 11.7. The Morgan fingerprint density at radius 2 is 2.24 bits per heavy atom. The lowest BCUT2D eigenvalue weighted by atomic mass is 10.0. The Balaban J connectivity index is 1.96. The van der Waals surface area contributed by atoms with Crippen LogP contribution >= 0.6 is 0 Å². The average molecular weight is 231 g/mol. The van der Waals surface area contributed by atoms with E-state index in [0.29, 0.717) is 12.6 Å². The molecule has 2 aromatic rings. The summed E-state index contributed by atoms with van der Waals surface area (Å²) in [4.78, 5) is 6.75. The van der Waals surface area contributed by atoms with Crippen LogP contribution in [0.3, 0.4) is 0 Å². The van der Waals surface area contributed by atoms with E-state index in [-0.39, 0.29) is 0 Å². The van der Waals surface area contributed by atoms with Gasteiger partial charge in [-0.1, -0.05) is 12.1 Å². The molecule has 4 heteroatoms. The Bertz CT molecular complexity index is 475. The van der Waals surface area contributed by atoms with Crippen LogP contribution in [0.4, 0.5) is 6.01 Å². The monoisotopic (exact) mass is 231 g/mol. The molecule has 1 fully saturated rings. The summed E-state index contributed by atoms with van der Waals surface area (Å²) in [5.41, 5.74) is 7.59. The fourth-order valence-corrected chi connectivity index (χ4v) is 2.48. The predicted octanol–water partition coefficient (Wildman–Crippen LogP) is 2.15. The first-order chi connectivity index (χ1) is 8.38. The molecule has 1 aliphatic heterocycles. The Labute approximate surface area is 100 Å². The van der Waals surface area contributed by atoms with Gasteiger partial charge in [0.25, 0.3) is 6.01 Å². The van der Waals surface area contributed by atoms with Crippen LogP contribution in [-0.2, 0) is 0 Å². The molecule has 1 aromatic heterocycles. The van der Waals surface area contributed by atoms with Crippen LogP contribution in [-0.4, -0.2) is 24.1 Å². The molecule has 0 saturated carbocycles. The van der Waals surface area contributed by atoms with Gasteiger partial charge in [-0.05, 0) is 31.4 Å². The Hall–Kier alpha value is -1.55. The number of hydrogen-bond acceptors (Lipinski definition) is 4. The molecule has 0 spiro atoms. The summed E-state index contributed by atoms with van der Waals surface area (Å²) in [6, 6.07) is 8.97. The van der Waals surface area contributed by atoms with Gasteiger partial charge < -0.3 is 15.1 Å². The second-order valence-electron chi connectivity index (χ2n) is 4.54. The van der Waals surface area contributed by atoms with Crippen molar-refractivity contribution >= 4 is 17.1 Å². The van der Waals surface area contributed by atoms with Gasteiger partial charge in [-0.3, -0.25) is 0 Å².